The van der Waals surface area contributed by atoms with Gasteiger partial charge in [0.25, 0.3) is 0 Å². The van der Waals surface area contributed by atoms with Gasteiger partial charge in [-0.2, -0.15) is 0 Å². The summed E-state index contributed by atoms with van der Waals surface area (Å²) in [4.78, 5) is 8.65. The Bertz CT molecular complexity index is 507. The number of rotatable bonds is 5. The molecule has 0 saturated carbocycles. The average molecular weight is 300 g/mol. The number of hydrazine groups is 1. The van der Waals surface area contributed by atoms with Crippen molar-refractivity contribution in [1.29, 1.82) is 0 Å². The van der Waals surface area contributed by atoms with E-state index < -0.39 is 0 Å². The van der Waals surface area contributed by atoms with Crippen molar-refractivity contribution in [2.45, 2.75) is 27.0 Å². The maximum absolute atomic E-state index is 5.38. The highest BCUT2D eigenvalue weighted by molar-refractivity contribution is 8.02. The van der Waals surface area contributed by atoms with Crippen molar-refractivity contribution in [3.8, 4) is 0 Å². The number of aryl methyl sites for hydroxylation is 1. The van der Waals surface area contributed by atoms with Crippen molar-refractivity contribution in [2.24, 2.45) is 5.84 Å². The van der Waals surface area contributed by atoms with E-state index in [2.05, 4.69) is 25.6 Å². The molecule has 2 heterocycles. The van der Waals surface area contributed by atoms with E-state index in [1.54, 1.807) is 29.2 Å². The first-order chi connectivity index (χ1) is 8.75. The molecule has 0 aromatic carbocycles. The van der Waals surface area contributed by atoms with Gasteiger partial charge in [-0.3, -0.25) is 0 Å². The van der Waals surface area contributed by atoms with Crippen molar-refractivity contribution in [3.05, 3.63) is 11.9 Å². The highest BCUT2D eigenvalue weighted by Gasteiger charge is 2.09. The van der Waals surface area contributed by atoms with E-state index in [1.165, 1.54) is 11.8 Å². The highest BCUT2D eigenvalue weighted by Crippen LogP contribution is 2.32. The van der Waals surface area contributed by atoms with Gasteiger partial charge in [0.15, 0.2) is 8.68 Å². The van der Waals surface area contributed by atoms with Gasteiger partial charge >= 0.3 is 0 Å². The fourth-order valence-corrected chi connectivity index (χ4v) is 3.57. The molecule has 6 nitrogen and oxygen atoms in total. The maximum atomic E-state index is 5.38. The van der Waals surface area contributed by atoms with Gasteiger partial charge in [0.2, 0.25) is 0 Å². The fourth-order valence-electron chi connectivity index (χ4n) is 1.17. The lowest BCUT2D eigenvalue weighted by molar-refractivity contribution is 0.886. The molecular weight excluding hydrogens is 288 g/mol. The molecule has 9 heteroatoms. The van der Waals surface area contributed by atoms with Crippen LogP contribution in [0.4, 0.5) is 5.82 Å². The van der Waals surface area contributed by atoms with Crippen molar-refractivity contribution in [2.75, 3.05) is 11.7 Å². The zero-order valence-electron chi connectivity index (χ0n) is 9.88. The maximum Gasteiger partial charge on any atom is 0.181 e. The van der Waals surface area contributed by atoms with Crippen LogP contribution in [0.2, 0.25) is 0 Å². The lowest BCUT2D eigenvalue weighted by Crippen LogP contribution is -2.10. The van der Waals surface area contributed by atoms with Crippen LogP contribution in [0, 0.1) is 0 Å². The van der Waals surface area contributed by atoms with Crippen molar-refractivity contribution >= 4 is 40.7 Å². The summed E-state index contributed by atoms with van der Waals surface area (Å²) in [7, 11) is 0. The lowest BCUT2D eigenvalue weighted by atomic mass is 10.4. The third-order valence-corrected chi connectivity index (χ3v) is 4.84. The smallest absolute Gasteiger partial charge is 0.181 e. The highest BCUT2D eigenvalue weighted by atomic mass is 32.2. The van der Waals surface area contributed by atoms with Gasteiger partial charge in [0.1, 0.15) is 16.7 Å². The number of hydrogen-bond acceptors (Lipinski definition) is 9. The monoisotopic (exact) mass is 300 g/mol. The van der Waals surface area contributed by atoms with E-state index >= 15 is 0 Å². The second kappa shape index (κ2) is 6.32. The predicted molar refractivity (Wildman–Crippen MR) is 75.0 cm³/mol. The number of anilines is 1. The van der Waals surface area contributed by atoms with E-state index in [-0.39, 0.29) is 0 Å². The number of nitrogens with two attached hydrogens (primary N) is 1. The molecule has 2 rings (SSSR count). The van der Waals surface area contributed by atoms with E-state index in [9.17, 15) is 0 Å². The summed E-state index contributed by atoms with van der Waals surface area (Å²) in [6, 6.07) is 1.80. The van der Waals surface area contributed by atoms with Gasteiger partial charge in [-0.1, -0.05) is 30.0 Å². The Labute approximate surface area is 117 Å². The zero-order chi connectivity index (χ0) is 13.0. The second-order valence-corrected chi connectivity index (χ2v) is 6.44. The third-order valence-electron chi connectivity index (χ3n) is 1.97. The number of hydrogen-bond donors (Lipinski definition) is 2. The SMILES string of the molecule is CCc1nc(NN)cc(Sc2nnc(SC)s2)n1. The van der Waals surface area contributed by atoms with E-state index in [0.29, 0.717) is 5.82 Å². The molecule has 0 radical (unpaired) electrons. The Morgan fingerprint density at radius 3 is 2.72 bits per heavy atom. The molecule has 0 aliphatic rings. The molecule has 18 heavy (non-hydrogen) atoms. The van der Waals surface area contributed by atoms with Crippen molar-refractivity contribution in [1.82, 2.24) is 20.2 Å². The first-order valence-electron chi connectivity index (χ1n) is 5.15. The number of nitrogens with one attached hydrogen (secondary N) is 1. The number of nitrogens with zero attached hydrogens (tertiary/aromatic N) is 4. The minimum absolute atomic E-state index is 0.610. The van der Waals surface area contributed by atoms with Crippen LogP contribution in [0.15, 0.2) is 19.8 Å². The Morgan fingerprint density at radius 2 is 2.11 bits per heavy atom. The summed E-state index contributed by atoms with van der Waals surface area (Å²) in [5.41, 5.74) is 2.54. The average Bonchev–Trinajstić information content (AvgIpc) is 2.85. The number of aromatic nitrogens is 4. The molecule has 0 fully saturated rings. The van der Waals surface area contributed by atoms with Crippen LogP contribution < -0.4 is 11.3 Å². The largest absolute Gasteiger partial charge is 0.308 e. The summed E-state index contributed by atoms with van der Waals surface area (Å²) in [6.07, 6.45) is 2.74. The van der Waals surface area contributed by atoms with Crippen molar-refractivity contribution in [3.63, 3.8) is 0 Å². The standard InChI is InChI=1S/C9H12N6S3/c1-3-5-11-6(13-10)4-7(12-5)17-9-15-14-8(16-2)18-9/h4H,3,10H2,1-2H3,(H,11,12,13). The van der Waals surface area contributed by atoms with Gasteiger partial charge in [0, 0.05) is 12.5 Å². The molecule has 2 aromatic heterocycles. The van der Waals surface area contributed by atoms with Crippen LogP contribution in [0.1, 0.15) is 12.7 Å². The van der Waals surface area contributed by atoms with Crippen LogP contribution in [0.25, 0.3) is 0 Å². The summed E-state index contributed by atoms with van der Waals surface area (Å²) in [5, 5.41) is 8.95. The molecule has 3 N–H and O–H groups in total. The van der Waals surface area contributed by atoms with E-state index in [0.717, 1.165) is 26.0 Å². The summed E-state index contributed by atoms with van der Waals surface area (Å²) >= 11 is 4.60. The number of nitrogen functional groups attached to an aromatic ring is 1. The van der Waals surface area contributed by atoms with Gasteiger partial charge in [-0.25, -0.2) is 15.8 Å². The molecule has 0 atom stereocenters. The molecule has 0 bridgehead atoms. The quantitative estimate of drug-likeness (QED) is 0.375. The van der Waals surface area contributed by atoms with Crippen LogP contribution in [-0.4, -0.2) is 26.4 Å². The first kappa shape index (κ1) is 13.5. The summed E-state index contributed by atoms with van der Waals surface area (Å²) in [5.74, 6) is 6.75. The molecule has 2 aromatic rings. The van der Waals surface area contributed by atoms with Crippen LogP contribution in [0.5, 0.6) is 0 Å². The molecule has 0 aliphatic carbocycles. The Hall–Kier alpha value is -0.900. The second-order valence-electron chi connectivity index (χ2n) is 3.15. The number of thioether (sulfide) groups is 1. The summed E-state index contributed by atoms with van der Waals surface area (Å²) < 4.78 is 1.81. The topological polar surface area (TPSA) is 89.6 Å². The summed E-state index contributed by atoms with van der Waals surface area (Å²) in [6.45, 7) is 2.00. The lowest BCUT2D eigenvalue weighted by Gasteiger charge is -2.04. The first-order valence-corrected chi connectivity index (χ1v) is 8.00. The zero-order valence-corrected chi connectivity index (χ0v) is 12.3. The van der Waals surface area contributed by atoms with Gasteiger partial charge in [0.05, 0.1) is 0 Å². The van der Waals surface area contributed by atoms with Gasteiger partial charge in [-0.15, -0.1) is 10.2 Å². The Balaban J connectivity index is 2.22. The normalized spacial score (nSPS) is 10.6. The van der Waals surface area contributed by atoms with E-state index in [1.807, 2.05) is 13.2 Å². The molecule has 0 unspecified atom stereocenters. The van der Waals surface area contributed by atoms with Crippen molar-refractivity contribution < 1.29 is 0 Å². The molecule has 0 amide bonds. The van der Waals surface area contributed by atoms with Crippen LogP contribution in [0.3, 0.4) is 0 Å². The minimum atomic E-state index is 0.610. The molecule has 96 valence electrons. The molecule has 0 spiro atoms. The van der Waals surface area contributed by atoms with Gasteiger partial charge < -0.3 is 5.43 Å². The van der Waals surface area contributed by atoms with Gasteiger partial charge in [-0.05, 0) is 18.0 Å². The fraction of sp³-hybridized carbons (Fsp3) is 0.333. The molecule has 0 saturated heterocycles. The van der Waals surface area contributed by atoms with E-state index in [4.69, 9.17) is 5.84 Å². The predicted octanol–water partition coefficient (Wildman–Crippen LogP) is 2.05. The third kappa shape index (κ3) is 3.31. The Kier molecular flexibility index (Phi) is 4.75. The molecule has 0 aliphatic heterocycles. The van der Waals surface area contributed by atoms with Crippen LogP contribution >= 0.6 is 34.9 Å². The Morgan fingerprint density at radius 1 is 1.33 bits per heavy atom. The molecular formula is C9H12N6S3. The van der Waals surface area contributed by atoms with Crippen LogP contribution in [-0.2, 0) is 6.42 Å². The minimum Gasteiger partial charge on any atom is -0.308 e.